The molecule has 0 saturated carbocycles. The van der Waals surface area contributed by atoms with Crippen molar-refractivity contribution < 1.29 is 14.5 Å². The largest absolute Gasteiger partial charge is 0.494 e. The van der Waals surface area contributed by atoms with E-state index in [1.807, 2.05) is 24.3 Å². The summed E-state index contributed by atoms with van der Waals surface area (Å²) in [5.74, 6) is 2.07. The first-order valence-electron chi connectivity index (χ1n) is 12.2. The van der Waals surface area contributed by atoms with E-state index in [-0.39, 0.29) is 0 Å². The van der Waals surface area contributed by atoms with Crippen LogP contribution in [0.1, 0.15) is 90.9 Å². The number of aromatic nitrogens is 2. The number of unbranched alkanes of at least 4 members (excludes halogenated alkanes) is 10. The van der Waals surface area contributed by atoms with Crippen molar-refractivity contribution in [3.63, 3.8) is 0 Å². The Morgan fingerprint density at radius 1 is 0.613 bits per heavy atom. The Morgan fingerprint density at radius 2 is 1.16 bits per heavy atom. The topological polar surface area (TPSA) is 53.5 Å². The maximum atomic E-state index is 5.84. The van der Waals surface area contributed by atoms with E-state index >= 15 is 0 Å². The van der Waals surface area contributed by atoms with E-state index in [9.17, 15) is 0 Å². The minimum Gasteiger partial charge on any atom is -0.494 e. The lowest BCUT2D eigenvalue weighted by atomic mass is 10.1. The summed E-state index contributed by atoms with van der Waals surface area (Å²) in [6.07, 6.45) is 18.2. The van der Waals surface area contributed by atoms with Crippen LogP contribution in [-0.4, -0.2) is 23.2 Å². The van der Waals surface area contributed by atoms with Crippen molar-refractivity contribution in [2.24, 2.45) is 0 Å². The Morgan fingerprint density at radius 3 is 1.77 bits per heavy atom. The van der Waals surface area contributed by atoms with Crippen LogP contribution >= 0.6 is 0 Å². The second-order valence-corrected chi connectivity index (χ2v) is 8.06. The van der Waals surface area contributed by atoms with E-state index in [1.54, 1.807) is 12.4 Å². The Balaban J connectivity index is 1.63. The van der Waals surface area contributed by atoms with Crippen LogP contribution in [0.15, 0.2) is 36.7 Å². The average molecular weight is 429 g/mol. The van der Waals surface area contributed by atoms with Crippen molar-refractivity contribution in [2.75, 3.05) is 13.2 Å². The first-order chi connectivity index (χ1) is 15.3. The van der Waals surface area contributed by atoms with E-state index in [1.165, 1.54) is 64.2 Å². The molecule has 0 N–H and O–H groups in total. The molecule has 0 bridgehead atoms. The smallest absolute Gasteiger partial charge is 0.201 e. The zero-order valence-electron chi connectivity index (χ0n) is 19.5. The minimum absolute atomic E-state index is 0.522. The van der Waals surface area contributed by atoms with Crippen LogP contribution in [0.2, 0.25) is 0 Å². The first kappa shape index (κ1) is 25.1. The maximum Gasteiger partial charge on any atom is 0.201 e. The molecule has 0 aliphatic heterocycles. The van der Waals surface area contributed by atoms with Crippen LogP contribution < -0.4 is 9.62 Å². The molecule has 1 aromatic carbocycles. The van der Waals surface area contributed by atoms with Crippen molar-refractivity contribution >= 4 is 0 Å². The van der Waals surface area contributed by atoms with E-state index in [0.717, 1.165) is 30.8 Å². The highest BCUT2D eigenvalue weighted by Gasteiger charge is 2.04. The molecule has 1 aromatic heterocycles. The fraction of sp³-hybridized carbons (Fsp3) is 0.615. The zero-order chi connectivity index (χ0) is 22.0. The summed E-state index contributed by atoms with van der Waals surface area (Å²) >= 11 is 0. The predicted molar refractivity (Wildman–Crippen MR) is 126 cm³/mol. The van der Waals surface area contributed by atoms with Crippen LogP contribution in [0.4, 0.5) is 0 Å². The zero-order valence-corrected chi connectivity index (χ0v) is 19.5. The number of nitrogens with zero attached hydrogens (tertiary/aromatic N) is 2. The number of benzene rings is 1. The van der Waals surface area contributed by atoms with Crippen LogP contribution in [0.25, 0.3) is 11.4 Å². The molecule has 2 rings (SSSR count). The molecule has 1 heterocycles. The lowest BCUT2D eigenvalue weighted by Gasteiger charge is -2.08. The van der Waals surface area contributed by atoms with Crippen LogP contribution in [0.3, 0.4) is 0 Å². The molecular formula is C26H40N2O3. The van der Waals surface area contributed by atoms with Gasteiger partial charge in [0.1, 0.15) is 5.75 Å². The van der Waals surface area contributed by atoms with Crippen LogP contribution in [0, 0.1) is 0 Å². The van der Waals surface area contributed by atoms with Crippen molar-refractivity contribution in [3.05, 3.63) is 36.7 Å². The van der Waals surface area contributed by atoms with Gasteiger partial charge in [0, 0.05) is 5.56 Å². The Bertz CT molecular complexity index is 674. The highest BCUT2D eigenvalue weighted by atomic mass is 17.2. The third-order valence-corrected chi connectivity index (χ3v) is 5.24. The number of rotatable bonds is 18. The summed E-state index contributed by atoms with van der Waals surface area (Å²) in [4.78, 5) is 19.3. The molecule has 2 aromatic rings. The van der Waals surface area contributed by atoms with E-state index in [0.29, 0.717) is 18.2 Å². The normalized spacial score (nSPS) is 10.9. The van der Waals surface area contributed by atoms with Gasteiger partial charge in [0.05, 0.1) is 25.6 Å². The number of ether oxygens (including phenoxy) is 1. The Labute approximate surface area is 188 Å². The molecule has 0 atom stereocenters. The summed E-state index contributed by atoms with van der Waals surface area (Å²) in [7, 11) is 0. The van der Waals surface area contributed by atoms with E-state index in [4.69, 9.17) is 14.5 Å². The standard InChI is InChI=1S/C26H40N2O3/c1-3-5-7-9-11-13-19-29-24-17-15-23(16-18-24)26-27-21-25(22-28-26)31-30-20-14-12-10-8-6-4-2/h15-18,21-22H,3-14,19-20H2,1-2H3. The van der Waals surface area contributed by atoms with E-state index < -0.39 is 0 Å². The molecule has 0 aliphatic carbocycles. The van der Waals surface area contributed by atoms with Gasteiger partial charge in [0.15, 0.2) is 5.82 Å². The van der Waals surface area contributed by atoms with Gasteiger partial charge in [-0.2, -0.15) is 4.89 Å². The SMILES string of the molecule is CCCCCCCCOOc1cnc(-c2ccc(OCCCCCCCC)cc2)nc1. The number of hydrogen-bond acceptors (Lipinski definition) is 5. The van der Waals surface area contributed by atoms with Gasteiger partial charge in [-0.15, -0.1) is 0 Å². The van der Waals surface area contributed by atoms with Crippen LogP contribution in [0.5, 0.6) is 11.5 Å². The van der Waals surface area contributed by atoms with Gasteiger partial charge in [0.25, 0.3) is 0 Å². The lowest BCUT2D eigenvalue weighted by Crippen LogP contribution is -2.01. The minimum atomic E-state index is 0.522. The lowest BCUT2D eigenvalue weighted by molar-refractivity contribution is -0.207. The fourth-order valence-corrected chi connectivity index (χ4v) is 3.33. The van der Waals surface area contributed by atoms with Crippen molar-refractivity contribution in [1.29, 1.82) is 0 Å². The molecule has 0 amide bonds. The van der Waals surface area contributed by atoms with Crippen molar-refractivity contribution in [1.82, 2.24) is 9.97 Å². The van der Waals surface area contributed by atoms with Gasteiger partial charge in [0.2, 0.25) is 5.75 Å². The third-order valence-electron chi connectivity index (χ3n) is 5.24. The molecule has 172 valence electrons. The Kier molecular flexibility index (Phi) is 13.4. The molecule has 0 unspecified atom stereocenters. The van der Waals surface area contributed by atoms with E-state index in [2.05, 4.69) is 23.8 Å². The highest BCUT2D eigenvalue weighted by Crippen LogP contribution is 2.21. The van der Waals surface area contributed by atoms with Gasteiger partial charge in [-0.1, -0.05) is 78.1 Å². The predicted octanol–water partition coefficient (Wildman–Crippen LogP) is 7.55. The fourth-order valence-electron chi connectivity index (χ4n) is 3.33. The molecule has 0 radical (unpaired) electrons. The van der Waals surface area contributed by atoms with Crippen molar-refractivity contribution in [3.8, 4) is 22.9 Å². The number of hydrogen-bond donors (Lipinski definition) is 0. The Hall–Kier alpha value is -2.14. The molecule has 0 aliphatic rings. The second-order valence-electron chi connectivity index (χ2n) is 8.06. The molecule has 31 heavy (non-hydrogen) atoms. The maximum absolute atomic E-state index is 5.84. The van der Waals surface area contributed by atoms with Gasteiger partial charge < -0.3 is 9.62 Å². The summed E-state index contributed by atoms with van der Waals surface area (Å²) in [6.45, 7) is 5.83. The van der Waals surface area contributed by atoms with Gasteiger partial charge >= 0.3 is 0 Å². The van der Waals surface area contributed by atoms with Gasteiger partial charge in [-0.25, -0.2) is 9.97 Å². The molecule has 0 spiro atoms. The highest BCUT2D eigenvalue weighted by molar-refractivity contribution is 5.56. The average Bonchev–Trinajstić information content (AvgIpc) is 2.81. The molecule has 5 heteroatoms. The monoisotopic (exact) mass is 428 g/mol. The first-order valence-corrected chi connectivity index (χ1v) is 12.2. The summed E-state index contributed by atoms with van der Waals surface area (Å²) < 4.78 is 5.84. The molecular weight excluding hydrogens is 388 g/mol. The molecule has 5 nitrogen and oxygen atoms in total. The van der Waals surface area contributed by atoms with Crippen molar-refractivity contribution in [2.45, 2.75) is 90.9 Å². The third kappa shape index (κ3) is 11.2. The quantitative estimate of drug-likeness (QED) is 0.139. The summed E-state index contributed by atoms with van der Waals surface area (Å²) in [6, 6.07) is 7.93. The molecule has 0 saturated heterocycles. The van der Waals surface area contributed by atoms with Gasteiger partial charge in [-0.3, -0.25) is 0 Å². The van der Waals surface area contributed by atoms with Crippen LogP contribution in [-0.2, 0) is 4.89 Å². The summed E-state index contributed by atoms with van der Waals surface area (Å²) in [5.41, 5.74) is 0.950. The van der Waals surface area contributed by atoms with Gasteiger partial charge in [-0.05, 0) is 37.1 Å². The second kappa shape index (κ2) is 16.5. The molecule has 0 fully saturated rings. The summed E-state index contributed by atoms with van der Waals surface area (Å²) in [5, 5.41) is 0.